The molecule has 0 heterocycles. The van der Waals surface area contributed by atoms with Gasteiger partial charge in [-0.3, -0.25) is 0 Å². The van der Waals surface area contributed by atoms with Crippen LogP contribution in [0.2, 0.25) is 0 Å². The predicted molar refractivity (Wildman–Crippen MR) is 34.9 cm³/mol. The number of rotatable bonds is 1. The molecule has 0 aliphatic rings. The molecule has 0 aliphatic carbocycles. The van der Waals surface area contributed by atoms with Gasteiger partial charge >= 0.3 is 0 Å². The summed E-state index contributed by atoms with van der Waals surface area (Å²) in [6.07, 6.45) is 5.68. The van der Waals surface area contributed by atoms with E-state index < -0.39 is 0 Å². The monoisotopic (exact) mass is 113 g/mol. The standard InChI is InChI=1S/C5H7NS/c1-3-5(7)6-4-2/h2H,3H2,1H3,(H,6,7). The van der Waals surface area contributed by atoms with Crippen LogP contribution in [0.1, 0.15) is 13.3 Å². The molecule has 0 saturated carbocycles. The van der Waals surface area contributed by atoms with Gasteiger partial charge in [-0.05, 0) is 6.42 Å². The van der Waals surface area contributed by atoms with E-state index in [1.807, 2.05) is 6.92 Å². The second-order valence-corrected chi connectivity index (χ2v) is 1.54. The fourth-order valence-electron chi connectivity index (χ4n) is 0.169. The Bertz CT molecular complexity index is 101. The summed E-state index contributed by atoms with van der Waals surface area (Å²) >= 11 is 4.70. The first-order chi connectivity index (χ1) is 3.31. The highest BCUT2D eigenvalue weighted by molar-refractivity contribution is 7.80. The maximum absolute atomic E-state index is 4.86. The van der Waals surface area contributed by atoms with Crippen LogP contribution in [0.25, 0.3) is 0 Å². The molecule has 2 heteroatoms. The molecule has 0 rings (SSSR count). The van der Waals surface area contributed by atoms with Crippen LogP contribution in [0.4, 0.5) is 0 Å². The number of hydrogen-bond donors (Lipinski definition) is 1. The molecule has 38 valence electrons. The maximum Gasteiger partial charge on any atom is 0.0865 e. The van der Waals surface area contributed by atoms with Crippen molar-refractivity contribution in [2.24, 2.45) is 0 Å². The van der Waals surface area contributed by atoms with Gasteiger partial charge in [0, 0.05) is 6.04 Å². The lowest BCUT2D eigenvalue weighted by Gasteiger charge is -1.90. The molecule has 0 atom stereocenters. The largest absolute Gasteiger partial charge is 0.309 e. The van der Waals surface area contributed by atoms with Crippen LogP contribution in [0.3, 0.4) is 0 Å². The quantitative estimate of drug-likeness (QED) is 0.308. The Morgan fingerprint density at radius 2 is 2.57 bits per heavy atom. The van der Waals surface area contributed by atoms with Gasteiger partial charge in [0.25, 0.3) is 0 Å². The first-order valence-electron chi connectivity index (χ1n) is 2.05. The van der Waals surface area contributed by atoms with Gasteiger partial charge in [-0.25, -0.2) is 0 Å². The van der Waals surface area contributed by atoms with Crippen LogP contribution in [0, 0.1) is 12.5 Å². The number of thiocarbonyl (C=S) groups is 1. The molecule has 0 aromatic rings. The average Bonchev–Trinajstić information content (AvgIpc) is 1.68. The first-order valence-corrected chi connectivity index (χ1v) is 2.46. The Hall–Kier alpha value is -0.550. The second kappa shape index (κ2) is 3.63. The molecule has 0 aliphatic heterocycles. The number of terminal acetylenes is 1. The van der Waals surface area contributed by atoms with Crippen LogP contribution >= 0.6 is 12.2 Å². The van der Waals surface area contributed by atoms with E-state index in [1.54, 1.807) is 0 Å². The summed E-state index contributed by atoms with van der Waals surface area (Å²) in [5.41, 5.74) is 0. The molecule has 0 unspecified atom stereocenters. The van der Waals surface area contributed by atoms with E-state index in [2.05, 4.69) is 11.4 Å². The Balaban J connectivity index is 3.23. The van der Waals surface area contributed by atoms with Gasteiger partial charge in [-0.2, -0.15) is 0 Å². The SMILES string of the molecule is C#CNC(=S)CC. The van der Waals surface area contributed by atoms with Crippen molar-refractivity contribution in [2.75, 3.05) is 0 Å². The Kier molecular flexibility index (Phi) is 3.35. The van der Waals surface area contributed by atoms with Crippen LogP contribution < -0.4 is 5.32 Å². The minimum Gasteiger partial charge on any atom is -0.309 e. The molecule has 0 aromatic heterocycles. The highest BCUT2D eigenvalue weighted by Gasteiger charge is 1.81. The first kappa shape index (κ1) is 6.45. The molecule has 7 heavy (non-hydrogen) atoms. The summed E-state index contributed by atoms with van der Waals surface area (Å²) in [4.78, 5) is 0.725. The smallest absolute Gasteiger partial charge is 0.0865 e. The van der Waals surface area contributed by atoms with Crippen LogP contribution in [-0.4, -0.2) is 4.99 Å². The third-order valence-corrected chi connectivity index (χ3v) is 0.923. The van der Waals surface area contributed by atoms with E-state index in [4.69, 9.17) is 18.6 Å². The average molecular weight is 113 g/mol. The van der Waals surface area contributed by atoms with Gasteiger partial charge in [0.05, 0.1) is 4.99 Å². The molecule has 0 saturated heterocycles. The van der Waals surface area contributed by atoms with E-state index in [1.165, 1.54) is 0 Å². The van der Waals surface area contributed by atoms with Crippen molar-refractivity contribution >= 4 is 17.2 Å². The zero-order valence-electron chi connectivity index (χ0n) is 4.19. The molecule has 1 N–H and O–H groups in total. The summed E-state index contributed by atoms with van der Waals surface area (Å²) in [6, 6.07) is 2.23. The summed E-state index contributed by atoms with van der Waals surface area (Å²) in [5.74, 6) is 0. The van der Waals surface area contributed by atoms with E-state index >= 15 is 0 Å². The van der Waals surface area contributed by atoms with Crippen molar-refractivity contribution in [3.63, 3.8) is 0 Å². The number of hydrogen-bond acceptors (Lipinski definition) is 1. The van der Waals surface area contributed by atoms with Gasteiger partial charge < -0.3 is 5.32 Å². The Morgan fingerprint density at radius 1 is 2.00 bits per heavy atom. The molecular formula is C5H7NS. The molecule has 0 aromatic carbocycles. The van der Waals surface area contributed by atoms with Crippen molar-refractivity contribution in [1.82, 2.24) is 5.32 Å². The van der Waals surface area contributed by atoms with Crippen molar-refractivity contribution in [2.45, 2.75) is 13.3 Å². The fourth-order valence-corrected chi connectivity index (χ4v) is 0.228. The third kappa shape index (κ3) is 3.28. The Morgan fingerprint density at radius 3 is 2.71 bits per heavy atom. The summed E-state index contributed by atoms with van der Waals surface area (Å²) in [7, 11) is 0. The minimum atomic E-state index is 0.725. The molecule has 0 bridgehead atoms. The van der Waals surface area contributed by atoms with Gasteiger partial charge in [-0.1, -0.05) is 25.6 Å². The fraction of sp³-hybridized carbons (Fsp3) is 0.400. The summed E-state index contributed by atoms with van der Waals surface area (Å²) in [6.45, 7) is 1.95. The topological polar surface area (TPSA) is 12.0 Å². The maximum atomic E-state index is 4.86. The van der Waals surface area contributed by atoms with Crippen molar-refractivity contribution in [1.29, 1.82) is 0 Å². The molecule has 0 fully saturated rings. The van der Waals surface area contributed by atoms with Gasteiger partial charge in [0.2, 0.25) is 0 Å². The Labute approximate surface area is 49.1 Å². The van der Waals surface area contributed by atoms with Crippen LogP contribution in [0.15, 0.2) is 0 Å². The van der Waals surface area contributed by atoms with Crippen LogP contribution in [0.5, 0.6) is 0 Å². The minimum absolute atomic E-state index is 0.725. The van der Waals surface area contributed by atoms with Crippen molar-refractivity contribution < 1.29 is 0 Å². The second-order valence-electron chi connectivity index (χ2n) is 1.05. The third-order valence-electron chi connectivity index (χ3n) is 0.533. The van der Waals surface area contributed by atoms with Crippen molar-refractivity contribution in [3.8, 4) is 12.5 Å². The van der Waals surface area contributed by atoms with Gasteiger partial charge in [0.1, 0.15) is 0 Å². The molecular weight excluding hydrogens is 106 g/mol. The van der Waals surface area contributed by atoms with E-state index in [0.29, 0.717) is 0 Å². The summed E-state index contributed by atoms with van der Waals surface area (Å²) in [5, 5.41) is 2.55. The number of nitrogens with one attached hydrogen (secondary N) is 1. The zero-order valence-corrected chi connectivity index (χ0v) is 5.01. The molecule has 0 amide bonds. The lowest BCUT2D eigenvalue weighted by molar-refractivity contribution is 1.21. The van der Waals surface area contributed by atoms with E-state index in [9.17, 15) is 0 Å². The normalized spacial score (nSPS) is 6.86. The lowest BCUT2D eigenvalue weighted by atomic mass is 10.5. The highest BCUT2D eigenvalue weighted by atomic mass is 32.1. The molecule has 0 spiro atoms. The highest BCUT2D eigenvalue weighted by Crippen LogP contribution is 1.75. The zero-order chi connectivity index (χ0) is 5.70. The van der Waals surface area contributed by atoms with Crippen molar-refractivity contribution in [3.05, 3.63) is 0 Å². The summed E-state index contributed by atoms with van der Waals surface area (Å²) < 4.78 is 0. The van der Waals surface area contributed by atoms with E-state index in [-0.39, 0.29) is 0 Å². The van der Waals surface area contributed by atoms with Gasteiger partial charge in [0.15, 0.2) is 0 Å². The predicted octanol–water partition coefficient (Wildman–Crippen LogP) is 0.904. The van der Waals surface area contributed by atoms with E-state index in [0.717, 1.165) is 11.4 Å². The molecule has 0 radical (unpaired) electrons. The molecule has 1 nitrogen and oxygen atoms in total. The lowest BCUT2D eigenvalue weighted by Crippen LogP contribution is -2.12. The van der Waals surface area contributed by atoms with Gasteiger partial charge in [-0.15, -0.1) is 0 Å². The van der Waals surface area contributed by atoms with Crippen LogP contribution in [-0.2, 0) is 0 Å².